The van der Waals surface area contributed by atoms with Crippen LogP contribution in [0, 0.1) is 0 Å². The number of nitrogens with zero attached hydrogens (tertiary/aromatic N) is 1. The van der Waals surface area contributed by atoms with E-state index in [1.807, 2.05) is 31.2 Å². The van der Waals surface area contributed by atoms with E-state index in [-0.39, 0.29) is 5.91 Å². The van der Waals surface area contributed by atoms with Gasteiger partial charge in [-0.05, 0) is 67.1 Å². The van der Waals surface area contributed by atoms with Crippen LogP contribution in [-0.2, 0) is 0 Å². The molecule has 0 atom stereocenters. The molecule has 0 unspecified atom stereocenters. The molecule has 138 valence electrons. The topological polar surface area (TPSA) is 63.2 Å². The van der Waals surface area contributed by atoms with Crippen LogP contribution in [0.1, 0.15) is 23.7 Å². The molecular weight excluding hydrogens is 362 g/mol. The number of amides is 1. The largest absolute Gasteiger partial charge is 0.494 e. The second kappa shape index (κ2) is 9.05. The maximum Gasteiger partial charge on any atom is 0.256 e. The maximum absolute atomic E-state index is 12.4. The van der Waals surface area contributed by atoms with E-state index in [0.29, 0.717) is 28.8 Å². The van der Waals surface area contributed by atoms with Gasteiger partial charge in [0.05, 0.1) is 6.61 Å². The van der Waals surface area contributed by atoms with Gasteiger partial charge in [0, 0.05) is 16.3 Å². The molecule has 0 aliphatic carbocycles. The van der Waals surface area contributed by atoms with E-state index in [4.69, 9.17) is 16.3 Å². The Morgan fingerprint density at radius 2 is 1.70 bits per heavy atom. The van der Waals surface area contributed by atoms with Crippen LogP contribution < -0.4 is 15.4 Å². The second-order valence-electron chi connectivity index (χ2n) is 5.87. The summed E-state index contributed by atoms with van der Waals surface area (Å²) >= 11 is 5.89. The van der Waals surface area contributed by atoms with Crippen molar-refractivity contribution in [2.24, 2.45) is 0 Å². The SMILES string of the molecule is CCCOc1ccc(C(=O)Nc2cccc(Nc3ccc(Cl)cc3)n2)cc1. The average molecular weight is 382 g/mol. The molecule has 27 heavy (non-hydrogen) atoms. The molecule has 0 saturated heterocycles. The van der Waals surface area contributed by atoms with Gasteiger partial charge in [-0.2, -0.15) is 0 Å². The molecule has 3 aromatic rings. The van der Waals surface area contributed by atoms with Crippen LogP contribution in [0.4, 0.5) is 17.3 Å². The number of hydrogen-bond acceptors (Lipinski definition) is 4. The van der Waals surface area contributed by atoms with Crippen LogP contribution in [0.5, 0.6) is 5.75 Å². The molecule has 2 N–H and O–H groups in total. The van der Waals surface area contributed by atoms with Crippen molar-refractivity contribution in [3.63, 3.8) is 0 Å². The first-order valence-electron chi connectivity index (χ1n) is 8.68. The highest BCUT2D eigenvalue weighted by atomic mass is 35.5. The molecule has 0 bridgehead atoms. The molecule has 0 aliphatic heterocycles. The van der Waals surface area contributed by atoms with E-state index in [2.05, 4.69) is 15.6 Å². The highest BCUT2D eigenvalue weighted by molar-refractivity contribution is 6.30. The molecule has 0 saturated carbocycles. The Bertz CT molecular complexity index is 896. The second-order valence-corrected chi connectivity index (χ2v) is 6.30. The van der Waals surface area contributed by atoms with Gasteiger partial charge in [0.25, 0.3) is 5.91 Å². The Morgan fingerprint density at radius 3 is 2.41 bits per heavy atom. The van der Waals surface area contributed by atoms with Crippen LogP contribution in [0.3, 0.4) is 0 Å². The van der Waals surface area contributed by atoms with Crippen molar-refractivity contribution < 1.29 is 9.53 Å². The molecular formula is C21H20ClN3O2. The molecule has 1 amide bonds. The van der Waals surface area contributed by atoms with Gasteiger partial charge in [0.2, 0.25) is 0 Å². The van der Waals surface area contributed by atoms with Gasteiger partial charge in [-0.3, -0.25) is 4.79 Å². The number of rotatable bonds is 7. The van der Waals surface area contributed by atoms with Crippen molar-refractivity contribution in [3.05, 3.63) is 77.3 Å². The Labute approximate surface area is 163 Å². The number of nitrogens with one attached hydrogen (secondary N) is 2. The number of halogens is 1. The zero-order valence-electron chi connectivity index (χ0n) is 14.9. The smallest absolute Gasteiger partial charge is 0.256 e. The summed E-state index contributed by atoms with van der Waals surface area (Å²) in [5.41, 5.74) is 1.40. The summed E-state index contributed by atoms with van der Waals surface area (Å²) in [4.78, 5) is 16.8. The van der Waals surface area contributed by atoms with Gasteiger partial charge >= 0.3 is 0 Å². The molecule has 0 fully saturated rings. The van der Waals surface area contributed by atoms with E-state index >= 15 is 0 Å². The number of benzene rings is 2. The fraction of sp³-hybridized carbons (Fsp3) is 0.143. The first-order chi connectivity index (χ1) is 13.1. The zero-order chi connectivity index (χ0) is 19.1. The summed E-state index contributed by atoms with van der Waals surface area (Å²) in [6, 6.07) is 19.7. The van der Waals surface area contributed by atoms with Crippen molar-refractivity contribution in [2.45, 2.75) is 13.3 Å². The third-order valence-corrected chi connectivity index (χ3v) is 3.95. The quantitative estimate of drug-likeness (QED) is 0.565. The van der Waals surface area contributed by atoms with Crippen molar-refractivity contribution >= 4 is 34.8 Å². The lowest BCUT2D eigenvalue weighted by molar-refractivity contribution is 0.102. The van der Waals surface area contributed by atoms with Gasteiger partial charge in [-0.1, -0.05) is 24.6 Å². The lowest BCUT2D eigenvalue weighted by Crippen LogP contribution is -2.13. The van der Waals surface area contributed by atoms with E-state index in [9.17, 15) is 4.79 Å². The highest BCUT2D eigenvalue weighted by Crippen LogP contribution is 2.19. The fourth-order valence-corrected chi connectivity index (χ4v) is 2.49. The Morgan fingerprint density at radius 1 is 1.00 bits per heavy atom. The van der Waals surface area contributed by atoms with E-state index in [0.717, 1.165) is 17.9 Å². The van der Waals surface area contributed by atoms with Crippen molar-refractivity contribution in [1.82, 2.24) is 4.98 Å². The number of aromatic nitrogens is 1. The monoisotopic (exact) mass is 381 g/mol. The van der Waals surface area contributed by atoms with Crippen molar-refractivity contribution in [2.75, 3.05) is 17.2 Å². The summed E-state index contributed by atoms with van der Waals surface area (Å²) in [5.74, 6) is 1.61. The van der Waals surface area contributed by atoms with Crippen molar-refractivity contribution in [1.29, 1.82) is 0 Å². The number of carbonyl (C=O) groups is 1. The minimum atomic E-state index is -0.229. The molecule has 5 nitrogen and oxygen atoms in total. The number of pyridine rings is 1. The maximum atomic E-state index is 12.4. The van der Waals surface area contributed by atoms with Gasteiger partial charge < -0.3 is 15.4 Å². The lowest BCUT2D eigenvalue weighted by atomic mass is 10.2. The lowest BCUT2D eigenvalue weighted by Gasteiger charge is -2.09. The third kappa shape index (κ3) is 5.46. The van der Waals surface area contributed by atoms with Crippen LogP contribution in [0.2, 0.25) is 5.02 Å². The number of anilines is 3. The summed E-state index contributed by atoms with van der Waals surface area (Å²) in [5, 5.41) is 6.65. The summed E-state index contributed by atoms with van der Waals surface area (Å²) in [6.07, 6.45) is 0.939. The predicted molar refractivity (Wildman–Crippen MR) is 109 cm³/mol. The van der Waals surface area contributed by atoms with Crippen LogP contribution >= 0.6 is 11.6 Å². The molecule has 2 aromatic carbocycles. The number of ether oxygens (including phenoxy) is 1. The normalized spacial score (nSPS) is 10.3. The number of hydrogen-bond donors (Lipinski definition) is 2. The fourth-order valence-electron chi connectivity index (χ4n) is 2.37. The summed E-state index contributed by atoms with van der Waals surface area (Å²) in [6.45, 7) is 2.70. The van der Waals surface area contributed by atoms with Crippen LogP contribution in [-0.4, -0.2) is 17.5 Å². The third-order valence-electron chi connectivity index (χ3n) is 3.70. The van der Waals surface area contributed by atoms with Crippen LogP contribution in [0.25, 0.3) is 0 Å². The Hall–Kier alpha value is -3.05. The molecule has 0 aliphatic rings. The summed E-state index contributed by atoms with van der Waals surface area (Å²) < 4.78 is 5.53. The molecule has 6 heteroatoms. The van der Waals surface area contributed by atoms with E-state index < -0.39 is 0 Å². The zero-order valence-corrected chi connectivity index (χ0v) is 15.7. The molecule has 1 heterocycles. The van der Waals surface area contributed by atoms with Gasteiger partial charge in [0.1, 0.15) is 17.4 Å². The molecule has 3 rings (SSSR count). The first kappa shape index (κ1) is 18.7. The first-order valence-corrected chi connectivity index (χ1v) is 9.05. The van der Waals surface area contributed by atoms with Gasteiger partial charge in [-0.25, -0.2) is 4.98 Å². The Kier molecular flexibility index (Phi) is 6.28. The molecule has 0 spiro atoms. The van der Waals surface area contributed by atoms with Gasteiger partial charge in [-0.15, -0.1) is 0 Å². The van der Waals surface area contributed by atoms with Gasteiger partial charge in [0.15, 0.2) is 0 Å². The molecule has 0 radical (unpaired) electrons. The predicted octanol–water partition coefficient (Wildman–Crippen LogP) is 5.52. The Balaban J connectivity index is 1.64. The van der Waals surface area contributed by atoms with E-state index in [1.165, 1.54) is 0 Å². The number of carbonyl (C=O) groups excluding carboxylic acids is 1. The van der Waals surface area contributed by atoms with Crippen molar-refractivity contribution in [3.8, 4) is 5.75 Å². The van der Waals surface area contributed by atoms with Crippen LogP contribution in [0.15, 0.2) is 66.7 Å². The minimum absolute atomic E-state index is 0.229. The molecule has 1 aromatic heterocycles. The standard InChI is InChI=1S/C21H20ClN3O2/c1-2-14-27-18-12-6-15(7-13-18)21(26)25-20-5-3-4-19(24-20)23-17-10-8-16(22)9-11-17/h3-13H,2,14H2,1H3,(H2,23,24,25,26). The highest BCUT2D eigenvalue weighted by Gasteiger charge is 2.08. The van der Waals surface area contributed by atoms with E-state index in [1.54, 1.807) is 42.5 Å². The minimum Gasteiger partial charge on any atom is -0.494 e. The summed E-state index contributed by atoms with van der Waals surface area (Å²) in [7, 11) is 0. The average Bonchev–Trinajstić information content (AvgIpc) is 2.69.